The Morgan fingerprint density at radius 2 is 2.00 bits per heavy atom. The Balaban J connectivity index is 1.79. The van der Waals surface area contributed by atoms with Crippen molar-refractivity contribution in [3.63, 3.8) is 0 Å². The monoisotopic (exact) mass is 303 g/mol. The van der Waals surface area contributed by atoms with Gasteiger partial charge in [-0.2, -0.15) is 5.06 Å². The van der Waals surface area contributed by atoms with Crippen molar-refractivity contribution in [2.45, 2.75) is 25.2 Å². The maximum absolute atomic E-state index is 11.8. The molecule has 1 aliphatic rings. The number of hydroxylamine groups is 2. The first-order valence-electron chi connectivity index (χ1n) is 7.07. The second kappa shape index (κ2) is 6.27. The summed E-state index contributed by atoms with van der Waals surface area (Å²) in [6.07, 6.45) is 1.34. The third-order valence-corrected chi connectivity index (χ3v) is 3.69. The summed E-state index contributed by atoms with van der Waals surface area (Å²) < 4.78 is 1.33. The molecule has 0 amide bonds. The Morgan fingerprint density at radius 1 is 1.23 bits per heavy atom. The van der Waals surface area contributed by atoms with E-state index in [4.69, 9.17) is 4.84 Å². The molecule has 22 heavy (non-hydrogen) atoms. The van der Waals surface area contributed by atoms with Crippen LogP contribution >= 0.6 is 0 Å². The van der Waals surface area contributed by atoms with Crippen LogP contribution in [0.3, 0.4) is 0 Å². The van der Waals surface area contributed by atoms with Crippen molar-refractivity contribution in [2.75, 3.05) is 6.61 Å². The molecule has 0 aliphatic carbocycles. The van der Waals surface area contributed by atoms with Gasteiger partial charge in [0.2, 0.25) is 0 Å². The summed E-state index contributed by atoms with van der Waals surface area (Å²) >= 11 is 0. The molecule has 1 aromatic heterocycles. The summed E-state index contributed by atoms with van der Waals surface area (Å²) in [6.45, 7) is 0.447. The van der Waals surface area contributed by atoms with E-state index in [9.17, 15) is 14.7 Å². The van der Waals surface area contributed by atoms with E-state index in [0.29, 0.717) is 13.0 Å². The maximum Gasteiger partial charge on any atom is 0.330 e. The van der Waals surface area contributed by atoms with Gasteiger partial charge in [0.05, 0.1) is 12.6 Å². The quantitative estimate of drug-likeness (QED) is 0.844. The molecule has 116 valence electrons. The molecule has 1 aromatic carbocycles. The minimum atomic E-state index is -0.537. The summed E-state index contributed by atoms with van der Waals surface area (Å²) in [5.74, 6) is 0. The normalized spacial score (nSPS) is 22.0. The molecule has 2 heterocycles. The average Bonchev–Trinajstić information content (AvgIpc) is 2.91. The Bertz CT molecular complexity index is 740. The number of benzene rings is 1. The number of aromatic nitrogens is 2. The summed E-state index contributed by atoms with van der Waals surface area (Å²) in [5, 5.41) is 11.2. The highest BCUT2D eigenvalue weighted by atomic mass is 16.7. The van der Waals surface area contributed by atoms with Crippen LogP contribution in [0.15, 0.2) is 52.2 Å². The number of hydrogen-bond donors (Lipinski definition) is 2. The predicted octanol–water partition coefficient (Wildman–Crippen LogP) is 0.234. The summed E-state index contributed by atoms with van der Waals surface area (Å²) in [7, 11) is 0. The van der Waals surface area contributed by atoms with Gasteiger partial charge in [0.25, 0.3) is 5.56 Å². The van der Waals surface area contributed by atoms with E-state index < -0.39 is 17.5 Å². The van der Waals surface area contributed by atoms with Gasteiger partial charge in [-0.1, -0.05) is 30.3 Å². The van der Waals surface area contributed by atoms with E-state index in [2.05, 4.69) is 4.98 Å². The molecule has 0 unspecified atom stereocenters. The van der Waals surface area contributed by atoms with Gasteiger partial charge in [0.1, 0.15) is 0 Å². The number of rotatable bonds is 4. The Kier molecular flexibility index (Phi) is 4.19. The molecular weight excluding hydrogens is 286 g/mol. The lowest BCUT2D eigenvalue weighted by atomic mass is 10.2. The van der Waals surface area contributed by atoms with E-state index in [1.165, 1.54) is 16.8 Å². The number of hydrogen-bond acceptors (Lipinski definition) is 5. The zero-order chi connectivity index (χ0) is 15.5. The molecule has 2 N–H and O–H groups in total. The van der Waals surface area contributed by atoms with Gasteiger partial charge >= 0.3 is 5.69 Å². The molecule has 2 atom stereocenters. The third kappa shape index (κ3) is 3.01. The molecule has 1 aliphatic heterocycles. The molecule has 7 heteroatoms. The lowest BCUT2D eigenvalue weighted by Crippen LogP contribution is -2.32. The molecule has 7 nitrogen and oxygen atoms in total. The first kappa shape index (κ1) is 14.7. The van der Waals surface area contributed by atoms with Crippen LogP contribution in [0.25, 0.3) is 0 Å². The van der Waals surface area contributed by atoms with Crippen molar-refractivity contribution >= 4 is 0 Å². The lowest BCUT2D eigenvalue weighted by Gasteiger charge is -2.21. The molecule has 0 bridgehead atoms. The number of nitrogens with one attached hydrogen (secondary N) is 1. The van der Waals surface area contributed by atoms with Crippen molar-refractivity contribution in [2.24, 2.45) is 0 Å². The molecule has 1 saturated heterocycles. The van der Waals surface area contributed by atoms with Gasteiger partial charge in [0.15, 0.2) is 6.23 Å². The highest BCUT2D eigenvalue weighted by molar-refractivity contribution is 5.14. The Morgan fingerprint density at radius 3 is 2.68 bits per heavy atom. The van der Waals surface area contributed by atoms with E-state index in [1.54, 1.807) is 5.06 Å². The first-order chi connectivity index (χ1) is 10.7. The lowest BCUT2D eigenvalue weighted by molar-refractivity contribution is -0.194. The Labute approximate surface area is 126 Å². The van der Waals surface area contributed by atoms with Gasteiger partial charge in [-0.3, -0.25) is 19.2 Å². The molecule has 2 aromatic rings. The second-order valence-electron chi connectivity index (χ2n) is 5.21. The minimum Gasteiger partial charge on any atom is -0.395 e. The zero-order valence-electron chi connectivity index (χ0n) is 11.9. The molecule has 0 radical (unpaired) electrons. The highest BCUT2D eigenvalue weighted by Crippen LogP contribution is 2.29. The zero-order valence-corrected chi connectivity index (χ0v) is 11.9. The topological polar surface area (TPSA) is 87.6 Å². The standard InChI is InChI=1S/C15H17N3O4/c19-10-12-8-14(17-7-6-13(20)16-15(17)21)22-18(12)9-11-4-2-1-3-5-11/h1-7,12,14,19H,8-10H2,(H,16,20,21)/t12-,14-/m0/s1. The van der Waals surface area contributed by atoms with Gasteiger partial charge in [0, 0.05) is 25.2 Å². The summed E-state index contributed by atoms with van der Waals surface area (Å²) in [4.78, 5) is 31.0. The summed E-state index contributed by atoms with van der Waals surface area (Å²) in [6, 6.07) is 10.8. The number of aromatic amines is 1. The predicted molar refractivity (Wildman–Crippen MR) is 78.9 cm³/mol. The van der Waals surface area contributed by atoms with Crippen LogP contribution in [-0.4, -0.2) is 32.4 Å². The SMILES string of the molecule is O=c1ccn([C@@H]2C[C@@H](CO)N(Cc3ccccc3)O2)c(=O)[nH]1. The van der Waals surface area contributed by atoms with Crippen LogP contribution in [0, 0.1) is 0 Å². The number of aliphatic hydroxyl groups excluding tert-OH is 1. The smallest absolute Gasteiger partial charge is 0.330 e. The van der Waals surface area contributed by atoms with Gasteiger partial charge in [-0.25, -0.2) is 4.79 Å². The Hall–Kier alpha value is -2.22. The minimum absolute atomic E-state index is 0.0680. The number of nitrogens with zero attached hydrogens (tertiary/aromatic N) is 2. The largest absolute Gasteiger partial charge is 0.395 e. The fraction of sp³-hybridized carbons (Fsp3) is 0.333. The summed E-state index contributed by atoms with van der Waals surface area (Å²) in [5.41, 5.74) is 0.0882. The van der Waals surface area contributed by atoms with Crippen LogP contribution < -0.4 is 11.2 Å². The highest BCUT2D eigenvalue weighted by Gasteiger charge is 2.34. The average molecular weight is 303 g/mol. The number of H-pyrrole nitrogens is 1. The maximum atomic E-state index is 11.8. The number of aliphatic hydroxyl groups is 1. The molecule has 1 fully saturated rings. The van der Waals surface area contributed by atoms with Crippen molar-refractivity contribution < 1.29 is 9.94 Å². The van der Waals surface area contributed by atoms with Crippen LogP contribution in [-0.2, 0) is 11.4 Å². The fourth-order valence-electron chi connectivity index (χ4n) is 2.55. The molecular formula is C15H17N3O4. The third-order valence-electron chi connectivity index (χ3n) is 3.69. The van der Waals surface area contributed by atoms with E-state index in [0.717, 1.165) is 5.56 Å². The van der Waals surface area contributed by atoms with E-state index in [-0.39, 0.29) is 12.6 Å². The van der Waals surface area contributed by atoms with Crippen molar-refractivity contribution in [3.05, 3.63) is 69.0 Å². The first-order valence-corrected chi connectivity index (χ1v) is 7.07. The van der Waals surface area contributed by atoms with E-state index >= 15 is 0 Å². The molecule has 3 rings (SSSR count). The van der Waals surface area contributed by atoms with Gasteiger partial charge < -0.3 is 5.11 Å². The fourth-order valence-corrected chi connectivity index (χ4v) is 2.55. The van der Waals surface area contributed by atoms with Crippen molar-refractivity contribution in [1.82, 2.24) is 14.6 Å². The van der Waals surface area contributed by atoms with Crippen LogP contribution in [0.1, 0.15) is 18.2 Å². The van der Waals surface area contributed by atoms with Crippen LogP contribution in [0.2, 0.25) is 0 Å². The van der Waals surface area contributed by atoms with Gasteiger partial charge in [-0.15, -0.1) is 0 Å². The second-order valence-corrected chi connectivity index (χ2v) is 5.21. The van der Waals surface area contributed by atoms with Crippen molar-refractivity contribution in [3.8, 4) is 0 Å². The van der Waals surface area contributed by atoms with Crippen LogP contribution in [0.4, 0.5) is 0 Å². The van der Waals surface area contributed by atoms with Crippen molar-refractivity contribution in [1.29, 1.82) is 0 Å². The molecule has 0 saturated carbocycles. The van der Waals surface area contributed by atoms with Crippen LogP contribution in [0.5, 0.6) is 0 Å². The molecule has 0 spiro atoms. The van der Waals surface area contributed by atoms with Gasteiger partial charge in [-0.05, 0) is 5.56 Å². The van der Waals surface area contributed by atoms with E-state index in [1.807, 2.05) is 30.3 Å².